The summed E-state index contributed by atoms with van der Waals surface area (Å²) in [4.78, 5) is -0.120. The van der Waals surface area contributed by atoms with Crippen LogP contribution in [0.4, 0.5) is 13.2 Å². The van der Waals surface area contributed by atoms with Crippen molar-refractivity contribution in [1.82, 2.24) is 4.31 Å². The van der Waals surface area contributed by atoms with E-state index in [2.05, 4.69) is 14.1 Å². The van der Waals surface area contributed by atoms with E-state index in [0.717, 1.165) is 73.9 Å². The average Bonchev–Trinajstić information content (AvgIpc) is 2.66. The van der Waals surface area contributed by atoms with E-state index in [1.54, 1.807) is 0 Å². The highest BCUT2D eigenvalue weighted by Gasteiger charge is 2.32. The molecule has 9 heteroatoms. The van der Waals surface area contributed by atoms with Gasteiger partial charge >= 0.3 is 6.18 Å². The molecule has 0 aliphatic heterocycles. The van der Waals surface area contributed by atoms with Gasteiger partial charge in [0, 0.05) is 19.5 Å². The zero-order chi connectivity index (χ0) is 22.6. The number of hydrogen-bond acceptors (Lipinski definition) is 3. The topological polar surface area (TPSA) is 57.6 Å². The van der Waals surface area contributed by atoms with Gasteiger partial charge in [-0.15, -0.1) is 0 Å². The highest BCUT2D eigenvalue weighted by molar-refractivity contribution is 7.89. The van der Waals surface area contributed by atoms with Gasteiger partial charge in [-0.05, 0) is 62.3 Å². The summed E-state index contributed by atoms with van der Waals surface area (Å²) < 4.78 is 65.4. The number of nitrogens with zero attached hydrogens (tertiary/aromatic N) is 2. The van der Waals surface area contributed by atoms with Gasteiger partial charge in [0.15, 0.2) is 0 Å². The second kappa shape index (κ2) is 9.97. The molecule has 5 nitrogen and oxygen atoms in total. The standard InChI is InChI=1S/C21H34F3N2O3S/c1-25(30(28,29)20-10-8-19(9-11-20)21(22,23)24)13-12-17-4-6-18(7-5-17)16-26(2,3)14-15-27/h8-11,17-18,27H,4-7,12-16H2,1-3H3/q+1/t17-,18-. The van der Waals surface area contributed by atoms with E-state index in [-0.39, 0.29) is 11.5 Å². The van der Waals surface area contributed by atoms with Crippen LogP contribution in [-0.4, -0.2) is 69.7 Å². The maximum atomic E-state index is 12.7. The third-order valence-electron chi connectivity index (χ3n) is 6.17. The number of benzene rings is 1. The van der Waals surface area contributed by atoms with Gasteiger partial charge in [-0.1, -0.05) is 0 Å². The summed E-state index contributed by atoms with van der Waals surface area (Å²) in [5.41, 5.74) is -0.860. The number of likely N-dealkylation sites (N-methyl/N-ethyl adjacent to an activating group) is 1. The molecule has 1 aliphatic carbocycles. The first-order valence-corrected chi connectivity index (χ1v) is 11.9. The van der Waals surface area contributed by atoms with Crippen LogP contribution in [0.3, 0.4) is 0 Å². The second-order valence-electron chi connectivity index (χ2n) is 9.09. The van der Waals surface area contributed by atoms with Crippen molar-refractivity contribution in [2.24, 2.45) is 11.8 Å². The number of aliphatic hydroxyl groups excluding tert-OH is 1. The summed E-state index contributed by atoms with van der Waals surface area (Å²) in [5, 5.41) is 9.17. The Hall–Kier alpha value is -1.16. The summed E-state index contributed by atoms with van der Waals surface area (Å²) in [6.45, 7) is 2.31. The molecule has 1 aromatic rings. The van der Waals surface area contributed by atoms with Crippen molar-refractivity contribution in [2.75, 3.05) is 47.4 Å². The van der Waals surface area contributed by atoms with Crippen LogP contribution in [0.2, 0.25) is 0 Å². The smallest absolute Gasteiger partial charge is 0.391 e. The molecule has 1 N–H and O–H groups in total. The van der Waals surface area contributed by atoms with Crippen molar-refractivity contribution < 1.29 is 31.2 Å². The van der Waals surface area contributed by atoms with E-state index in [4.69, 9.17) is 0 Å². The third-order valence-corrected chi connectivity index (χ3v) is 8.04. The Kier molecular flexibility index (Phi) is 8.35. The molecule has 172 valence electrons. The summed E-state index contributed by atoms with van der Waals surface area (Å²) in [7, 11) is 1.93. The van der Waals surface area contributed by atoms with Crippen molar-refractivity contribution in [3.8, 4) is 0 Å². The van der Waals surface area contributed by atoms with Gasteiger partial charge in [0.1, 0.15) is 6.54 Å². The first kappa shape index (κ1) is 25.1. The molecular weight excluding hydrogens is 417 g/mol. The summed E-state index contributed by atoms with van der Waals surface area (Å²) >= 11 is 0. The molecule has 0 unspecified atom stereocenters. The van der Waals surface area contributed by atoms with Crippen molar-refractivity contribution in [2.45, 2.75) is 43.2 Å². The van der Waals surface area contributed by atoms with Crippen LogP contribution in [-0.2, 0) is 16.2 Å². The van der Waals surface area contributed by atoms with Gasteiger partial charge in [0.25, 0.3) is 0 Å². The van der Waals surface area contributed by atoms with E-state index in [1.807, 2.05) is 0 Å². The molecule has 0 radical (unpaired) electrons. The third kappa shape index (κ3) is 6.93. The Morgan fingerprint density at radius 3 is 2.10 bits per heavy atom. The van der Waals surface area contributed by atoms with Crippen molar-refractivity contribution in [1.29, 1.82) is 0 Å². The number of hydrogen-bond donors (Lipinski definition) is 1. The number of alkyl halides is 3. The molecule has 0 spiro atoms. The highest BCUT2D eigenvalue weighted by atomic mass is 32.2. The number of halogens is 3. The number of sulfonamides is 1. The van der Waals surface area contributed by atoms with Crippen LogP contribution in [0.1, 0.15) is 37.7 Å². The first-order chi connectivity index (χ1) is 13.8. The van der Waals surface area contributed by atoms with Crippen LogP contribution in [0.5, 0.6) is 0 Å². The van der Waals surface area contributed by atoms with E-state index >= 15 is 0 Å². The van der Waals surface area contributed by atoms with Crippen LogP contribution in [0.25, 0.3) is 0 Å². The Bertz CT molecular complexity index is 772. The fraction of sp³-hybridized carbons (Fsp3) is 0.714. The SMILES string of the molecule is CN(CC[C@H]1CC[C@H](C[N+](C)(C)CCO)CC1)S(=O)(=O)c1ccc(C(F)(F)F)cc1. The average molecular weight is 452 g/mol. The Balaban J connectivity index is 1.85. The van der Waals surface area contributed by atoms with Gasteiger partial charge in [-0.25, -0.2) is 12.7 Å². The minimum Gasteiger partial charge on any atom is -0.391 e. The quantitative estimate of drug-likeness (QED) is 0.584. The van der Waals surface area contributed by atoms with Gasteiger partial charge in [0.05, 0.1) is 37.7 Å². The van der Waals surface area contributed by atoms with Crippen LogP contribution in [0.15, 0.2) is 29.2 Å². The molecular formula is C21H34F3N2O3S+. The van der Waals surface area contributed by atoms with Gasteiger partial charge < -0.3 is 9.59 Å². The monoisotopic (exact) mass is 451 g/mol. The number of aliphatic hydroxyl groups is 1. The van der Waals surface area contributed by atoms with E-state index in [0.29, 0.717) is 18.4 Å². The summed E-state index contributed by atoms with van der Waals surface area (Å²) in [6.07, 6.45) is 0.577. The second-order valence-corrected chi connectivity index (χ2v) is 11.1. The fourth-order valence-electron chi connectivity index (χ4n) is 4.24. The highest BCUT2D eigenvalue weighted by Crippen LogP contribution is 2.33. The largest absolute Gasteiger partial charge is 0.416 e. The molecule has 0 amide bonds. The Morgan fingerprint density at radius 1 is 1.07 bits per heavy atom. The zero-order valence-corrected chi connectivity index (χ0v) is 18.8. The Labute approximate surface area is 178 Å². The maximum Gasteiger partial charge on any atom is 0.416 e. The van der Waals surface area contributed by atoms with Crippen molar-refractivity contribution in [3.05, 3.63) is 29.8 Å². The zero-order valence-electron chi connectivity index (χ0n) is 18.0. The van der Waals surface area contributed by atoms with Crippen LogP contribution < -0.4 is 0 Å². The minimum atomic E-state index is -4.49. The lowest BCUT2D eigenvalue weighted by Crippen LogP contribution is -2.46. The van der Waals surface area contributed by atoms with E-state index in [1.165, 1.54) is 11.4 Å². The molecule has 1 aliphatic rings. The molecule has 0 heterocycles. The van der Waals surface area contributed by atoms with Gasteiger partial charge in [-0.2, -0.15) is 13.2 Å². The van der Waals surface area contributed by atoms with Crippen molar-refractivity contribution in [3.63, 3.8) is 0 Å². The van der Waals surface area contributed by atoms with E-state index in [9.17, 15) is 26.7 Å². The van der Waals surface area contributed by atoms with Crippen LogP contribution in [0, 0.1) is 11.8 Å². The normalized spacial score (nSPS) is 21.2. The summed E-state index contributed by atoms with van der Waals surface area (Å²) in [5.74, 6) is 1.08. The van der Waals surface area contributed by atoms with E-state index < -0.39 is 21.8 Å². The van der Waals surface area contributed by atoms with Crippen molar-refractivity contribution >= 4 is 10.0 Å². The molecule has 0 aromatic heterocycles. The maximum absolute atomic E-state index is 12.7. The Morgan fingerprint density at radius 2 is 1.60 bits per heavy atom. The first-order valence-electron chi connectivity index (χ1n) is 10.4. The molecule has 1 saturated carbocycles. The van der Waals surface area contributed by atoms with Gasteiger partial charge in [-0.3, -0.25) is 0 Å². The lowest BCUT2D eigenvalue weighted by atomic mass is 9.80. The lowest BCUT2D eigenvalue weighted by Gasteiger charge is -2.36. The minimum absolute atomic E-state index is 0.120. The molecule has 1 fully saturated rings. The predicted octanol–water partition coefficient (Wildman–Crippen LogP) is 3.59. The number of rotatable bonds is 9. The predicted molar refractivity (Wildman–Crippen MR) is 110 cm³/mol. The molecule has 2 rings (SSSR count). The van der Waals surface area contributed by atoms with Crippen LogP contribution >= 0.6 is 0 Å². The summed E-state index contributed by atoms with van der Waals surface area (Å²) in [6, 6.07) is 3.65. The number of quaternary nitrogens is 1. The fourth-order valence-corrected chi connectivity index (χ4v) is 5.43. The molecule has 1 aromatic carbocycles. The molecule has 0 atom stereocenters. The molecule has 0 saturated heterocycles. The van der Waals surface area contributed by atoms with Gasteiger partial charge in [0.2, 0.25) is 10.0 Å². The molecule has 0 bridgehead atoms. The molecule has 30 heavy (non-hydrogen) atoms. The lowest BCUT2D eigenvalue weighted by molar-refractivity contribution is -0.894.